The minimum Gasteiger partial charge on any atom is -0.453 e. The normalized spacial score (nSPS) is 13.8. The van der Waals surface area contributed by atoms with Crippen LogP contribution in [0.4, 0.5) is 8.78 Å². The minimum absolute atomic E-state index is 0.0182. The molecule has 7 nitrogen and oxygen atoms in total. The molecule has 39 heavy (non-hydrogen) atoms. The van der Waals surface area contributed by atoms with Gasteiger partial charge in [0.05, 0.1) is 33.8 Å². The van der Waals surface area contributed by atoms with Crippen LogP contribution in [0.25, 0.3) is 22.2 Å². The molecule has 0 amide bonds. The molecule has 5 aromatic rings. The van der Waals surface area contributed by atoms with E-state index < -0.39 is 11.2 Å². The Bertz CT molecular complexity index is 1700. The van der Waals surface area contributed by atoms with E-state index in [1.807, 2.05) is 0 Å². The van der Waals surface area contributed by atoms with E-state index >= 15 is 4.39 Å². The molecule has 0 unspecified atom stereocenters. The van der Waals surface area contributed by atoms with Crippen molar-refractivity contribution in [2.75, 3.05) is 0 Å². The number of Topliss-reactive ketones (excluding diaryl/α,β-unsaturated/α-hetero) is 2. The van der Waals surface area contributed by atoms with Crippen molar-refractivity contribution in [3.05, 3.63) is 102 Å². The molecule has 194 valence electrons. The lowest BCUT2D eigenvalue weighted by molar-refractivity contribution is -0.133. The van der Waals surface area contributed by atoms with E-state index in [4.69, 9.17) is 9.26 Å². The molecule has 0 aliphatic heterocycles. The molecule has 1 aliphatic rings. The van der Waals surface area contributed by atoms with Crippen molar-refractivity contribution in [1.82, 2.24) is 15.1 Å². The zero-order chi connectivity index (χ0) is 27.0. The number of aromatic nitrogens is 3. The monoisotopic (exact) mass is 525 g/mol. The Morgan fingerprint density at radius 3 is 2.31 bits per heavy atom. The Morgan fingerprint density at radius 2 is 1.62 bits per heavy atom. The highest BCUT2D eigenvalue weighted by Crippen LogP contribution is 2.49. The summed E-state index contributed by atoms with van der Waals surface area (Å²) in [7, 11) is 0. The first kappa shape index (κ1) is 24.5. The van der Waals surface area contributed by atoms with E-state index in [0.29, 0.717) is 51.9 Å². The van der Waals surface area contributed by atoms with Crippen LogP contribution in [-0.2, 0) is 22.4 Å². The maximum atomic E-state index is 15.0. The highest BCUT2D eigenvalue weighted by Gasteiger charge is 2.54. The summed E-state index contributed by atoms with van der Waals surface area (Å²) >= 11 is 0. The summed E-state index contributed by atoms with van der Waals surface area (Å²) in [5.74, 6) is -1.10. The third-order valence-electron chi connectivity index (χ3n) is 6.99. The zero-order valence-corrected chi connectivity index (χ0v) is 20.6. The number of halogens is 2. The molecule has 2 aromatic carbocycles. The average molecular weight is 526 g/mol. The Labute approximate surface area is 221 Å². The summed E-state index contributed by atoms with van der Waals surface area (Å²) in [4.78, 5) is 34.7. The van der Waals surface area contributed by atoms with Crippen molar-refractivity contribution in [1.29, 1.82) is 0 Å². The standard InChI is InChI=1S/C30H21F2N3O4/c31-21-4-1-18(2-5-21)12-28(36)30(8-9-30)29(37)13-19-3-6-27(23(32)11-19)39-26-7-10-33-25-14-24(34-16-22(25)26)20-15-35-38-17-20/h1-7,10-11,14-17H,8-9,12-13H2. The topological polar surface area (TPSA) is 95.2 Å². The third-order valence-corrected chi connectivity index (χ3v) is 6.99. The number of ketones is 2. The fraction of sp³-hybridized carbons (Fsp3) is 0.167. The van der Waals surface area contributed by atoms with Gasteiger partial charge >= 0.3 is 0 Å². The maximum absolute atomic E-state index is 15.0. The number of ether oxygens (including phenoxy) is 1. The van der Waals surface area contributed by atoms with Gasteiger partial charge in [-0.2, -0.15) is 0 Å². The van der Waals surface area contributed by atoms with Gasteiger partial charge in [-0.1, -0.05) is 23.4 Å². The Hall–Kier alpha value is -4.79. The lowest BCUT2D eigenvalue weighted by atomic mass is 9.88. The number of carbonyl (C=O) groups is 2. The van der Waals surface area contributed by atoms with Crippen LogP contribution in [0, 0.1) is 17.0 Å². The summed E-state index contributed by atoms with van der Waals surface area (Å²) in [5, 5.41) is 4.27. The van der Waals surface area contributed by atoms with E-state index in [-0.39, 0.29) is 36.0 Å². The van der Waals surface area contributed by atoms with Gasteiger partial charge in [0.2, 0.25) is 0 Å². The van der Waals surface area contributed by atoms with E-state index in [0.717, 1.165) is 0 Å². The van der Waals surface area contributed by atoms with Gasteiger partial charge in [-0.05, 0) is 60.4 Å². The number of pyridine rings is 2. The van der Waals surface area contributed by atoms with Crippen LogP contribution in [0.2, 0.25) is 0 Å². The van der Waals surface area contributed by atoms with Gasteiger partial charge in [0.15, 0.2) is 23.1 Å². The van der Waals surface area contributed by atoms with Crippen molar-refractivity contribution < 1.29 is 27.6 Å². The molecule has 3 heterocycles. The molecule has 0 saturated heterocycles. The molecule has 1 fully saturated rings. The Morgan fingerprint density at radius 1 is 0.872 bits per heavy atom. The first-order valence-electron chi connectivity index (χ1n) is 12.3. The van der Waals surface area contributed by atoms with Gasteiger partial charge in [-0.15, -0.1) is 0 Å². The molecule has 0 bridgehead atoms. The number of hydrogen-bond acceptors (Lipinski definition) is 7. The zero-order valence-electron chi connectivity index (χ0n) is 20.6. The van der Waals surface area contributed by atoms with E-state index in [1.54, 1.807) is 48.9 Å². The molecule has 0 spiro atoms. The highest BCUT2D eigenvalue weighted by atomic mass is 19.1. The molecule has 0 radical (unpaired) electrons. The largest absolute Gasteiger partial charge is 0.453 e. The van der Waals surface area contributed by atoms with Crippen molar-refractivity contribution in [3.8, 4) is 22.8 Å². The fourth-order valence-corrected chi connectivity index (χ4v) is 4.60. The number of rotatable bonds is 9. The van der Waals surface area contributed by atoms with Crippen LogP contribution in [0.15, 0.2) is 84.0 Å². The highest BCUT2D eigenvalue weighted by molar-refractivity contribution is 6.10. The second-order valence-electron chi connectivity index (χ2n) is 9.58. The Balaban J connectivity index is 1.16. The molecule has 0 atom stereocenters. The maximum Gasteiger partial charge on any atom is 0.166 e. The summed E-state index contributed by atoms with van der Waals surface area (Å²) in [5.41, 5.74) is 1.98. The van der Waals surface area contributed by atoms with Crippen LogP contribution in [0.3, 0.4) is 0 Å². The van der Waals surface area contributed by atoms with Crippen LogP contribution >= 0.6 is 0 Å². The average Bonchev–Trinajstić information content (AvgIpc) is 3.58. The molecule has 6 rings (SSSR count). The van der Waals surface area contributed by atoms with Gasteiger partial charge < -0.3 is 9.26 Å². The SMILES string of the molecule is O=C(Cc1ccc(F)cc1)C1(C(=O)Cc2ccc(Oc3ccnc4cc(-c5cnoc5)ncc34)c(F)c2)CC1. The van der Waals surface area contributed by atoms with Crippen LogP contribution in [0.1, 0.15) is 24.0 Å². The van der Waals surface area contributed by atoms with E-state index in [9.17, 15) is 14.0 Å². The first-order valence-corrected chi connectivity index (χ1v) is 12.3. The lowest BCUT2D eigenvalue weighted by Crippen LogP contribution is -2.28. The predicted molar refractivity (Wildman–Crippen MR) is 137 cm³/mol. The summed E-state index contributed by atoms with van der Waals surface area (Å²) in [6.45, 7) is 0. The summed E-state index contributed by atoms with van der Waals surface area (Å²) in [6.07, 6.45) is 7.09. The van der Waals surface area contributed by atoms with Crippen LogP contribution in [-0.4, -0.2) is 26.7 Å². The number of fused-ring (bicyclic) bond motifs is 1. The van der Waals surface area contributed by atoms with E-state index in [1.165, 1.54) is 30.5 Å². The lowest BCUT2D eigenvalue weighted by Gasteiger charge is -2.14. The van der Waals surface area contributed by atoms with Gasteiger partial charge in [0.1, 0.15) is 17.8 Å². The number of hydrogen-bond donors (Lipinski definition) is 0. The summed E-state index contributed by atoms with van der Waals surface area (Å²) in [6, 6.07) is 13.4. The smallest absolute Gasteiger partial charge is 0.166 e. The van der Waals surface area contributed by atoms with Crippen molar-refractivity contribution in [2.24, 2.45) is 5.41 Å². The molecule has 9 heteroatoms. The number of nitrogens with zero attached hydrogens (tertiary/aromatic N) is 3. The van der Waals surface area contributed by atoms with Gasteiger partial charge in [-0.25, -0.2) is 8.78 Å². The van der Waals surface area contributed by atoms with Crippen LogP contribution in [0.5, 0.6) is 11.5 Å². The second-order valence-corrected chi connectivity index (χ2v) is 9.58. The van der Waals surface area contributed by atoms with Gasteiger partial charge in [0, 0.05) is 25.2 Å². The van der Waals surface area contributed by atoms with Crippen molar-refractivity contribution in [3.63, 3.8) is 0 Å². The fourth-order valence-electron chi connectivity index (χ4n) is 4.60. The van der Waals surface area contributed by atoms with Gasteiger partial charge in [0.25, 0.3) is 0 Å². The quantitative estimate of drug-likeness (QED) is 0.216. The predicted octanol–water partition coefficient (Wildman–Crippen LogP) is 6.06. The van der Waals surface area contributed by atoms with Crippen LogP contribution < -0.4 is 4.74 Å². The molecular formula is C30H21F2N3O4. The van der Waals surface area contributed by atoms with Crippen molar-refractivity contribution in [2.45, 2.75) is 25.7 Å². The molecular weight excluding hydrogens is 504 g/mol. The second kappa shape index (κ2) is 9.83. The van der Waals surface area contributed by atoms with Crippen molar-refractivity contribution >= 4 is 22.5 Å². The molecule has 1 aliphatic carbocycles. The molecule has 3 aromatic heterocycles. The third kappa shape index (κ3) is 4.90. The molecule has 1 saturated carbocycles. The first-order chi connectivity index (χ1) is 18.9. The van der Waals surface area contributed by atoms with Gasteiger partial charge in [-0.3, -0.25) is 19.6 Å². The molecule has 0 N–H and O–H groups in total. The minimum atomic E-state index is -1.05. The number of carbonyl (C=O) groups excluding carboxylic acids is 2. The Kier molecular flexibility index (Phi) is 6.18. The van der Waals surface area contributed by atoms with E-state index in [2.05, 4.69) is 15.1 Å². The number of benzene rings is 2. The summed E-state index contributed by atoms with van der Waals surface area (Å²) < 4.78 is 38.9.